The van der Waals surface area contributed by atoms with E-state index in [2.05, 4.69) is 6.92 Å². The number of amides is 3. The summed E-state index contributed by atoms with van der Waals surface area (Å²) in [5.41, 5.74) is 2.98. The number of nitrogens with zero attached hydrogens (tertiary/aromatic N) is 3. The molecule has 3 heterocycles. The van der Waals surface area contributed by atoms with Crippen LogP contribution in [0.4, 0.5) is 11.4 Å². The van der Waals surface area contributed by atoms with Gasteiger partial charge in [0.1, 0.15) is 0 Å². The Morgan fingerprint density at radius 1 is 1.00 bits per heavy atom. The first-order chi connectivity index (χ1) is 14.0. The normalized spacial score (nSPS) is 26.8. The van der Waals surface area contributed by atoms with Crippen molar-refractivity contribution in [2.24, 2.45) is 17.8 Å². The Morgan fingerprint density at radius 3 is 2.59 bits per heavy atom. The van der Waals surface area contributed by atoms with Crippen molar-refractivity contribution in [3.8, 4) is 0 Å². The maximum absolute atomic E-state index is 12.9. The van der Waals surface area contributed by atoms with Gasteiger partial charge in [-0.05, 0) is 61.8 Å². The van der Waals surface area contributed by atoms with Crippen molar-refractivity contribution in [1.82, 2.24) is 4.90 Å². The summed E-state index contributed by atoms with van der Waals surface area (Å²) < 4.78 is 0. The highest BCUT2D eigenvalue weighted by Crippen LogP contribution is 2.38. The lowest BCUT2D eigenvalue weighted by Crippen LogP contribution is -2.43. The molecule has 1 saturated carbocycles. The van der Waals surface area contributed by atoms with Gasteiger partial charge in [0.05, 0.1) is 5.92 Å². The summed E-state index contributed by atoms with van der Waals surface area (Å²) in [6, 6.07) is 5.96. The van der Waals surface area contributed by atoms with E-state index < -0.39 is 0 Å². The fourth-order valence-electron chi connectivity index (χ4n) is 5.11. The highest BCUT2D eigenvalue weighted by Gasteiger charge is 2.39. The topological polar surface area (TPSA) is 60.9 Å². The summed E-state index contributed by atoms with van der Waals surface area (Å²) in [5.74, 6) is 0.917. The van der Waals surface area contributed by atoms with Crippen molar-refractivity contribution in [1.29, 1.82) is 0 Å². The summed E-state index contributed by atoms with van der Waals surface area (Å²) >= 11 is 0. The maximum Gasteiger partial charge on any atom is 0.230 e. The summed E-state index contributed by atoms with van der Waals surface area (Å²) in [5, 5.41) is 0. The Kier molecular flexibility index (Phi) is 4.60. The number of piperidine rings is 1. The van der Waals surface area contributed by atoms with Crippen LogP contribution in [0.15, 0.2) is 18.2 Å². The van der Waals surface area contributed by atoms with Crippen molar-refractivity contribution in [2.75, 3.05) is 36.0 Å². The minimum Gasteiger partial charge on any atom is -0.342 e. The zero-order chi connectivity index (χ0) is 20.1. The van der Waals surface area contributed by atoms with Crippen LogP contribution in [-0.2, 0) is 20.8 Å². The standard InChI is InChI=1S/C23H29N3O3/c1-15-3-2-9-24(13-15)22(28)18-12-21(27)26(14-18)19-6-7-20-17(11-19)8-10-25(20)23(29)16-4-5-16/h6-7,11,15-16,18H,2-5,8-10,12-14H2,1H3/t15-,18+/m0/s1. The van der Waals surface area contributed by atoms with Crippen LogP contribution in [0.2, 0.25) is 0 Å². The molecule has 3 aliphatic heterocycles. The van der Waals surface area contributed by atoms with E-state index in [0.29, 0.717) is 18.9 Å². The number of fused-ring (bicyclic) bond motifs is 1. The Hall–Kier alpha value is -2.37. The average Bonchev–Trinajstić information content (AvgIpc) is 3.37. The smallest absolute Gasteiger partial charge is 0.230 e. The Bertz CT molecular complexity index is 863. The molecule has 3 fully saturated rings. The second-order valence-electron chi connectivity index (χ2n) is 9.26. The van der Waals surface area contributed by atoms with Gasteiger partial charge in [-0.2, -0.15) is 0 Å². The van der Waals surface area contributed by atoms with Gasteiger partial charge < -0.3 is 14.7 Å². The number of rotatable bonds is 3. The molecular weight excluding hydrogens is 366 g/mol. The third-order valence-corrected chi connectivity index (χ3v) is 6.91. The summed E-state index contributed by atoms with van der Waals surface area (Å²) in [6.45, 7) is 5.01. The molecule has 1 aromatic rings. The van der Waals surface area contributed by atoms with E-state index in [0.717, 1.165) is 62.3 Å². The van der Waals surface area contributed by atoms with Gasteiger partial charge in [0.15, 0.2) is 0 Å². The molecule has 6 heteroatoms. The van der Waals surface area contributed by atoms with E-state index in [-0.39, 0.29) is 29.6 Å². The SMILES string of the molecule is C[C@H]1CCCN(C(=O)[C@@H]2CC(=O)N(c3ccc4c(c3)CCN4C(=O)C3CC3)C2)C1. The fourth-order valence-corrected chi connectivity index (χ4v) is 5.11. The van der Waals surface area contributed by atoms with Crippen molar-refractivity contribution >= 4 is 29.1 Å². The number of hydrogen-bond acceptors (Lipinski definition) is 3. The van der Waals surface area contributed by atoms with Crippen LogP contribution in [0.3, 0.4) is 0 Å². The van der Waals surface area contributed by atoms with Gasteiger partial charge >= 0.3 is 0 Å². The van der Waals surface area contributed by atoms with Crippen LogP contribution in [-0.4, -0.2) is 48.8 Å². The zero-order valence-corrected chi connectivity index (χ0v) is 17.1. The molecule has 1 aliphatic carbocycles. The average molecular weight is 396 g/mol. The van der Waals surface area contributed by atoms with Crippen molar-refractivity contribution in [2.45, 2.75) is 45.4 Å². The van der Waals surface area contributed by atoms with Crippen molar-refractivity contribution in [3.05, 3.63) is 23.8 Å². The van der Waals surface area contributed by atoms with Crippen LogP contribution in [0, 0.1) is 17.8 Å². The molecule has 0 bridgehead atoms. The number of carbonyl (C=O) groups excluding carboxylic acids is 3. The molecule has 3 amide bonds. The van der Waals surface area contributed by atoms with Gasteiger partial charge in [0, 0.05) is 49.9 Å². The van der Waals surface area contributed by atoms with Gasteiger partial charge in [-0.1, -0.05) is 6.92 Å². The number of anilines is 2. The van der Waals surface area contributed by atoms with Crippen LogP contribution in [0.5, 0.6) is 0 Å². The molecule has 2 atom stereocenters. The second kappa shape index (κ2) is 7.15. The molecule has 1 aromatic carbocycles. The molecule has 154 valence electrons. The molecule has 6 nitrogen and oxygen atoms in total. The molecule has 0 radical (unpaired) electrons. The van der Waals surface area contributed by atoms with E-state index in [4.69, 9.17) is 0 Å². The minimum absolute atomic E-state index is 0.0252. The number of carbonyl (C=O) groups is 3. The minimum atomic E-state index is -0.242. The Morgan fingerprint density at radius 2 is 1.83 bits per heavy atom. The third kappa shape index (κ3) is 3.43. The molecule has 4 aliphatic rings. The lowest BCUT2D eigenvalue weighted by Gasteiger charge is -2.32. The van der Waals surface area contributed by atoms with Gasteiger partial charge in [-0.3, -0.25) is 14.4 Å². The maximum atomic E-state index is 12.9. The lowest BCUT2D eigenvalue weighted by atomic mass is 9.98. The van der Waals surface area contributed by atoms with Gasteiger partial charge in [-0.25, -0.2) is 0 Å². The number of hydrogen-bond donors (Lipinski definition) is 0. The molecule has 2 saturated heterocycles. The molecule has 0 aromatic heterocycles. The highest BCUT2D eigenvalue weighted by molar-refractivity contribution is 6.02. The fraction of sp³-hybridized carbons (Fsp3) is 0.609. The van der Waals surface area contributed by atoms with Gasteiger partial charge in [0.25, 0.3) is 0 Å². The van der Waals surface area contributed by atoms with E-state index >= 15 is 0 Å². The van der Waals surface area contributed by atoms with Crippen molar-refractivity contribution in [3.63, 3.8) is 0 Å². The van der Waals surface area contributed by atoms with Crippen LogP contribution in [0.1, 0.15) is 44.6 Å². The van der Waals surface area contributed by atoms with Crippen LogP contribution < -0.4 is 9.80 Å². The summed E-state index contributed by atoms with van der Waals surface area (Å²) in [4.78, 5) is 43.8. The zero-order valence-electron chi connectivity index (χ0n) is 17.1. The van der Waals surface area contributed by atoms with Crippen LogP contribution in [0.25, 0.3) is 0 Å². The van der Waals surface area contributed by atoms with E-state index in [1.165, 1.54) is 6.42 Å². The monoisotopic (exact) mass is 395 g/mol. The summed E-state index contributed by atoms with van der Waals surface area (Å²) in [6.07, 6.45) is 5.38. The van der Waals surface area contributed by atoms with Gasteiger partial charge in [-0.15, -0.1) is 0 Å². The molecule has 0 spiro atoms. The summed E-state index contributed by atoms with van der Waals surface area (Å²) in [7, 11) is 0. The largest absolute Gasteiger partial charge is 0.342 e. The Labute approximate surface area is 171 Å². The lowest BCUT2D eigenvalue weighted by molar-refractivity contribution is -0.137. The van der Waals surface area contributed by atoms with Crippen LogP contribution >= 0.6 is 0 Å². The van der Waals surface area contributed by atoms with Crippen molar-refractivity contribution < 1.29 is 14.4 Å². The number of benzene rings is 1. The quantitative estimate of drug-likeness (QED) is 0.790. The second-order valence-corrected chi connectivity index (χ2v) is 9.26. The molecular formula is C23H29N3O3. The third-order valence-electron chi connectivity index (χ3n) is 6.91. The predicted molar refractivity (Wildman–Crippen MR) is 111 cm³/mol. The first-order valence-electron chi connectivity index (χ1n) is 11.0. The molecule has 0 N–H and O–H groups in total. The molecule has 5 rings (SSSR count). The molecule has 0 unspecified atom stereocenters. The van der Waals surface area contributed by atoms with E-state index in [1.807, 2.05) is 28.0 Å². The first kappa shape index (κ1) is 18.6. The molecule has 29 heavy (non-hydrogen) atoms. The number of likely N-dealkylation sites (tertiary alicyclic amines) is 1. The predicted octanol–water partition coefficient (Wildman–Crippen LogP) is 2.60. The first-order valence-corrected chi connectivity index (χ1v) is 11.0. The highest BCUT2D eigenvalue weighted by atomic mass is 16.2. The Balaban J connectivity index is 1.29. The van der Waals surface area contributed by atoms with E-state index in [9.17, 15) is 14.4 Å². The van der Waals surface area contributed by atoms with Gasteiger partial charge in [0.2, 0.25) is 17.7 Å². The van der Waals surface area contributed by atoms with E-state index in [1.54, 1.807) is 4.90 Å².